The van der Waals surface area contributed by atoms with E-state index in [2.05, 4.69) is 31.0 Å². The van der Waals surface area contributed by atoms with Crippen LogP contribution in [-0.2, 0) is 48.1 Å². The standard InChI is InChI=1S/C6H15O2PS2.Zn/c1-3-4-5-6(2)8-9(7,10)11;/h6H,3-5H2,1-2H3,(H2,7,10,11);/q;+2/p-2. The SMILES string of the molecule is CCCCC(C)OP([O-])(=S)[S-].[Zn+2]. The minimum atomic E-state index is -3.10. The minimum Gasteiger partial charge on any atom is -0.819 e. The third kappa shape index (κ3) is 11.5. The van der Waals surface area contributed by atoms with Crippen molar-refractivity contribution in [2.24, 2.45) is 0 Å². The normalized spacial score (nSPS) is 17.7. The Balaban J connectivity index is 0. The van der Waals surface area contributed by atoms with E-state index in [0.29, 0.717) is 0 Å². The molecule has 12 heavy (non-hydrogen) atoms. The Hall–Kier alpha value is 1.54. The largest absolute Gasteiger partial charge is 2.00 e. The molecular weight excluding hydrogens is 265 g/mol. The molecule has 0 aliphatic heterocycles. The van der Waals surface area contributed by atoms with Gasteiger partial charge in [-0.1, -0.05) is 19.8 Å². The van der Waals surface area contributed by atoms with E-state index in [1.807, 2.05) is 6.92 Å². The Kier molecular flexibility index (Phi) is 10.5. The van der Waals surface area contributed by atoms with Gasteiger partial charge in [0.25, 0.3) is 0 Å². The number of hydrogen-bond acceptors (Lipinski definition) is 4. The van der Waals surface area contributed by atoms with Crippen LogP contribution in [0.15, 0.2) is 0 Å². The fourth-order valence-corrected chi connectivity index (χ4v) is 2.19. The van der Waals surface area contributed by atoms with Gasteiger partial charge < -0.3 is 21.7 Å². The molecule has 0 N–H and O–H groups in total. The summed E-state index contributed by atoms with van der Waals surface area (Å²) in [6.07, 6.45) is 2.99. The fraction of sp³-hybridized carbons (Fsp3) is 1.00. The van der Waals surface area contributed by atoms with Crippen LogP contribution in [-0.4, -0.2) is 6.10 Å². The molecule has 0 bridgehead atoms. The number of rotatable bonds is 5. The predicted octanol–water partition coefficient (Wildman–Crippen LogP) is 1.71. The van der Waals surface area contributed by atoms with Gasteiger partial charge in [0.05, 0.1) is 6.10 Å². The summed E-state index contributed by atoms with van der Waals surface area (Å²) in [6, 6.07) is 0. The molecule has 0 saturated heterocycles. The van der Waals surface area contributed by atoms with Crippen LogP contribution in [0.2, 0.25) is 0 Å². The summed E-state index contributed by atoms with van der Waals surface area (Å²) >= 11 is 8.92. The predicted molar refractivity (Wildman–Crippen MR) is 51.7 cm³/mol. The Bertz CT molecular complexity index is 150. The Morgan fingerprint density at radius 1 is 1.67 bits per heavy atom. The van der Waals surface area contributed by atoms with Gasteiger partial charge >= 0.3 is 19.5 Å². The first kappa shape index (κ1) is 16.0. The maximum absolute atomic E-state index is 10.8. The topological polar surface area (TPSA) is 32.3 Å². The van der Waals surface area contributed by atoms with Crippen LogP contribution in [0.5, 0.6) is 0 Å². The molecule has 0 aromatic heterocycles. The minimum absolute atomic E-state index is 0. The van der Waals surface area contributed by atoms with Crippen molar-refractivity contribution in [2.75, 3.05) is 0 Å². The maximum atomic E-state index is 10.8. The van der Waals surface area contributed by atoms with E-state index in [0.717, 1.165) is 19.3 Å². The van der Waals surface area contributed by atoms with Crippen LogP contribution >= 0.6 is 5.69 Å². The first-order chi connectivity index (χ1) is 4.95. The molecule has 0 aliphatic rings. The smallest absolute Gasteiger partial charge is 0.819 e. The van der Waals surface area contributed by atoms with E-state index in [9.17, 15) is 4.89 Å². The van der Waals surface area contributed by atoms with E-state index in [1.54, 1.807) is 0 Å². The van der Waals surface area contributed by atoms with Gasteiger partial charge in [-0.2, -0.15) is 0 Å². The van der Waals surface area contributed by atoms with Gasteiger partial charge in [-0.25, -0.2) is 0 Å². The van der Waals surface area contributed by atoms with Crippen LogP contribution in [0.3, 0.4) is 0 Å². The zero-order valence-electron chi connectivity index (χ0n) is 7.49. The summed E-state index contributed by atoms with van der Waals surface area (Å²) < 4.78 is 4.92. The van der Waals surface area contributed by atoms with Gasteiger partial charge in [0.1, 0.15) is 0 Å². The van der Waals surface area contributed by atoms with Gasteiger partial charge in [-0.15, -0.1) is 17.5 Å². The van der Waals surface area contributed by atoms with Crippen molar-refractivity contribution in [1.29, 1.82) is 0 Å². The van der Waals surface area contributed by atoms with Crippen molar-refractivity contribution >= 4 is 29.7 Å². The van der Waals surface area contributed by atoms with E-state index in [4.69, 9.17) is 4.52 Å². The van der Waals surface area contributed by atoms with Crippen molar-refractivity contribution in [3.63, 3.8) is 0 Å². The molecule has 68 valence electrons. The van der Waals surface area contributed by atoms with Crippen LogP contribution < -0.4 is 4.89 Å². The molecule has 2 atom stereocenters. The molecule has 0 saturated carbocycles. The van der Waals surface area contributed by atoms with Gasteiger partial charge in [-0.05, 0) is 13.3 Å². The van der Waals surface area contributed by atoms with Crippen molar-refractivity contribution in [3.05, 3.63) is 0 Å². The second-order valence-electron chi connectivity index (χ2n) is 2.51. The molecule has 0 aromatic rings. The molecule has 0 rings (SSSR count). The number of unbranched alkanes of at least 4 members (excludes halogenated alkanes) is 1. The Morgan fingerprint density at radius 2 is 2.17 bits per heavy atom. The molecule has 2 nitrogen and oxygen atoms in total. The van der Waals surface area contributed by atoms with E-state index in [-0.39, 0.29) is 25.6 Å². The fourth-order valence-electron chi connectivity index (χ4n) is 0.765. The molecule has 2 unspecified atom stereocenters. The summed E-state index contributed by atoms with van der Waals surface area (Å²) in [5.41, 5.74) is -3.10. The summed E-state index contributed by atoms with van der Waals surface area (Å²) in [5.74, 6) is 0. The summed E-state index contributed by atoms with van der Waals surface area (Å²) in [6.45, 7) is 3.94. The molecule has 0 radical (unpaired) electrons. The van der Waals surface area contributed by atoms with Crippen LogP contribution in [0.4, 0.5) is 0 Å². The molecule has 0 spiro atoms. The monoisotopic (exact) mass is 276 g/mol. The summed E-state index contributed by atoms with van der Waals surface area (Å²) in [4.78, 5) is 10.8. The average molecular weight is 278 g/mol. The third-order valence-corrected chi connectivity index (χ3v) is 2.41. The zero-order valence-corrected chi connectivity index (χ0v) is 13.0. The van der Waals surface area contributed by atoms with Crippen LogP contribution in [0.1, 0.15) is 33.1 Å². The van der Waals surface area contributed by atoms with Crippen molar-refractivity contribution < 1.29 is 28.9 Å². The van der Waals surface area contributed by atoms with E-state index in [1.165, 1.54) is 0 Å². The molecule has 0 aromatic carbocycles. The van der Waals surface area contributed by atoms with Gasteiger partial charge in [0, 0.05) is 0 Å². The second kappa shape index (κ2) is 7.90. The van der Waals surface area contributed by atoms with E-state index < -0.39 is 5.69 Å². The molecule has 6 heteroatoms. The maximum Gasteiger partial charge on any atom is 2.00 e. The summed E-state index contributed by atoms with van der Waals surface area (Å²) in [5, 5.41) is 0. The molecule has 0 fully saturated rings. The average Bonchev–Trinajstić information content (AvgIpc) is 1.79. The zero-order chi connectivity index (χ0) is 8.91. The molecule has 0 heterocycles. The molecule has 0 amide bonds. The first-order valence-corrected chi connectivity index (χ1v) is 7.31. The van der Waals surface area contributed by atoms with Crippen molar-refractivity contribution in [2.45, 2.75) is 39.2 Å². The third-order valence-electron chi connectivity index (χ3n) is 1.27. The quantitative estimate of drug-likeness (QED) is 0.435. The Labute approximate surface area is 97.6 Å². The molecular formula is C6H13O2PS2Zn. The summed E-state index contributed by atoms with van der Waals surface area (Å²) in [7, 11) is 0. The molecule has 0 aliphatic carbocycles. The van der Waals surface area contributed by atoms with Crippen molar-refractivity contribution in [1.82, 2.24) is 0 Å². The van der Waals surface area contributed by atoms with Gasteiger partial charge in [-0.3, -0.25) is 0 Å². The van der Waals surface area contributed by atoms with Crippen LogP contribution in [0.25, 0.3) is 0 Å². The van der Waals surface area contributed by atoms with Gasteiger partial charge in [0.15, 0.2) is 0 Å². The van der Waals surface area contributed by atoms with Gasteiger partial charge in [0.2, 0.25) is 0 Å². The van der Waals surface area contributed by atoms with Crippen LogP contribution in [0, 0.1) is 0 Å². The first-order valence-electron chi connectivity index (χ1n) is 3.66. The number of hydrogen-bond donors (Lipinski definition) is 0. The van der Waals surface area contributed by atoms with E-state index >= 15 is 0 Å². The second-order valence-corrected chi connectivity index (χ2v) is 7.19. The van der Waals surface area contributed by atoms with Crippen molar-refractivity contribution in [3.8, 4) is 0 Å². The Morgan fingerprint density at radius 3 is 2.50 bits per heavy atom.